The summed E-state index contributed by atoms with van der Waals surface area (Å²) in [6.45, 7) is 1.65. The van der Waals surface area contributed by atoms with E-state index in [2.05, 4.69) is 10.4 Å². The highest BCUT2D eigenvalue weighted by Gasteiger charge is 2.16. The SMILES string of the molecule is CSc1ccc(O[C@@H](C)C(=O)Nc2ccc(-n3cccn3)c(F)c2)cc1. The van der Waals surface area contributed by atoms with Gasteiger partial charge in [-0.3, -0.25) is 4.79 Å². The highest BCUT2D eigenvalue weighted by molar-refractivity contribution is 7.98. The van der Waals surface area contributed by atoms with Crippen molar-refractivity contribution in [2.45, 2.75) is 17.9 Å². The van der Waals surface area contributed by atoms with E-state index in [1.165, 1.54) is 10.7 Å². The van der Waals surface area contributed by atoms with Crippen LogP contribution in [0.2, 0.25) is 0 Å². The molecule has 5 nitrogen and oxygen atoms in total. The second kappa shape index (κ2) is 8.05. The number of hydrogen-bond acceptors (Lipinski definition) is 4. The zero-order chi connectivity index (χ0) is 18.5. The molecule has 0 unspecified atom stereocenters. The van der Waals surface area contributed by atoms with Gasteiger partial charge in [0.1, 0.15) is 11.4 Å². The Morgan fingerprint density at radius 1 is 1.27 bits per heavy atom. The number of carbonyl (C=O) groups is 1. The molecule has 1 amide bonds. The predicted octanol–water partition coefficient (Wildman–Crippen LogP) is 4.14. The van der Waals surface area contributed by atoms with Gasteiger partial charge >= 0.3 is 0 Å². The van der Waals surface area contributed by atoms with Gasteiger partial charge in [0.15, 0.2) is 11.9 Å². The first-order valence-corrected chi connectivity index (χ1v) is 9.20. The predicted molar refractivity (Wildman–Crippen MR) is 100 cm³/mol. The Bertz CT molecular complexity index is 882. The van der Waals surface area contributed by atoms with Gasteiger partial charge in [-0.15, -0.1) is 11.8 Å². The molecule has 0 saturated carbocycles. The third-order valence-electron chi connectivity index (χ3n) is 3.71. The Labute approximate surface area is 155 Å². The lowest BCUT2D eigenvalue weighted by Crippen LogP contribution is -2.30. The van der Waals surface area contributed by atoms with Gasteiger partial charge in [0, 0.05) is 23.0 Å². The molecule has 3 rings (SSSR count). The minimum atomic E-state index is -0.719. The maximum absolute atomic E-state index is 14.2. The van der Waals surface area contributed by atoms with Gasteiger partial charge < -0.3 is 10.1 Å². The van der Waals surface area contributed by atoms with Gasteiger partial charge in [-0.1, -0.05) is 0 Å². The summed E-state index contributed by atoms with van der Waals surface area (Å²) in [5, 5.41) is 6.65. The summed E-state index contributed by atoms with van der Waals surface area (Å²) in [5.41, 5.74) is 0.669. The zero-order valence-electron chi connectivity index (χ0n) is 14.3. The number of benzene rings is 2. The molecule has 0 saturated heterocycles. The van der Waals surface area contributed by atoms with Crippen molar-refractivity contribution in [1.29, 1.82) is 0 Å². The van der Waals surface area contributed by atoms with E-state index in [-0.39, 0.29) is 5.91 Å². The molecule has 3 aromatic rings. The molecule has 1 N–H and O–H groups in total. The molecule has 134 valence electrons. The van der Waals surface area contributed by atoms with Crippen LogP contribution in [0.25, 0.3) is 5.69 Å². The van der Waals surface area contributed by atoms with Gasteiger partial charge in [-0.2, -0.15) is 5.10 Å². The van der Waals surface area contributed by atoms with Crippen molar-refractivity contribution in [3.05, 3.63) is 66.7 Å². The Morgan fingerprint density at radius 2 is 2.04 bits per heavy atom. The number of ether oxygens (including phenoxy) is 1. The average molecular weight is 371 g/mol. The third-order valence-corrected chi connectivity index (χ3v) is 4.45. The Balaban J connectivity index is 1.64. The van der Waals surface area contributed by atoms with Crippen LogP contribution in [-0.4, -0.2) is 28.0 Å². The van der Waals surface area contributed by atoms with Crippen LogP contribution in [0.5, 0.6) is 5.75 Å². The number of halogens is 1. The average Bonchev–Trinajstić information content (AvgIpc) is 3.16. The molecular weight excluding hydrogens is 353 g/mol. The molecule has 1 atom stereocenters. The minimum Gasteiger partial charge on any atom is -0.481 e. The summed E-state index contributed by atoms with van der Waals surface area (Å²) in [6.07, 6.45) is 4.49. The van der Waals surface area contributed by atoms with E-state index in [0.717, 1.165) is 4.90 Å². The maximum atomic E-state index is 14.2. The molecule has 7 heteroatoms. The van der Waals surface area contributed by atoms with Crippen molar-refractivity contribution in [1.82, 2.24) is 9.78 Å². The molecule has 1 aromatic heterocycles. The number of anilines is 1. The van der Waals surface area contributed by atoms with Gasteiger partial charge in [0.2, 0.25) is 0 Å². The van der Waals surface area contributed by atoms with E-state index in [4.69, 9.17) is 4.74 Å². The fourth-order valence-electron chi connectivity index (χ4n) is 2.34. The van der Waals surface area contributed by atoms with E-state index in [0.29, 0.717) is 17.1 Å². The zero-order valence-corrected chi connectivity index (χ0v) is 15.2. The summed E-state index contributed by atoms with van der Waals surface area (Å²) in [6, 6.07) is 13.6. The second-order valence-electron chi connectivity index (χ2n) is 5.54. The number of rotatable bonds is 6. The summed E-state index contributed by atoms with van der Waals surface area (Å²) in [7, 11) is 0. The first-order chi connectivity index (χ1) is 12.6. The highest BCUT2D eigenvalue weighted by atomic mass is 32.2. The lowest BCUT2D eigenvalue weighted by atomic mass is 10.2. The second-order valence-corrected chi connectivity index (χ2v) is 6.42. The largest absolute Gasteiger partial charge is 0.481 e. The number of nitrogens with zero attached hydrogens (tertiary/aromatic N) is 2. The van der Waals surface area contributed by atoms with Gasteiger partial charge in [-0.25, -0.2) is 9.07 Å². The van der Waals surface area contributed by atoms with Crippen molar-refractivity contribution in [2.24, 2.45) is 0 Å². The Hall–Kier alpha value is -2.80. The molecule has 0 radical (unpaired) electrons. The van der Waals surface area contributed by atoms with Gasteiger partial charge in [-0.05, 0) is 61.7 Å². The monoisotopic (exact) mass is 371 g/mol. The molecule has 0 aliphatic carbocycles. The molecule has 26 heavy (non-hydrogen) atoms. The van der Waals surface area contributed by atoms with Gasteiger partial charge in [0.25, 0.3) is 5.91 Å². The first-order valence-electron chi connectivity index (χ1n) is 7.98. The van der Waals surface area contributed by atoms with E-state index in [1.807, 2.05) is 30.5 Å². The number of thioether (sulfide) groups is 1. The third kappa shape index (κ3) is 4.23. The number of aromatic nitrogens is 2. The van der Waals surface area contributed by atoms with Crippen molar-refractivity contribution in [2.75, 3.05) is 11.6 Å². The fraction of sp³-hybridized carbons (Fsp3) is 0.158. The van der Waals surface area contributed by atoms with E-state index in [1.54, 1.807) is 49.3 Å². The molecule has 0 bridgehead atoms. The normalized spacial score (nSPS) is 11.8. The molecule has 0 fully saturated rings. The summed E-state index contributed by atoms with van der Waals surface area (Å²) < 4.78 is 21.3. The van der Waals surface area contributed by atoms with Crippen molar-refractivity contribution >= 4 is 23.4 Å². The molecule has 0 spiro atoms. The van der Waals surface area contributed by atoms with E-state index >= 15 is 0 Å². The first kappa shape index (κ1) is 18.0. The summed E-state index contributed by atoms with van der Waals surface area (Å²) >= 11 is 1.63. The molecule has 2 aromatic carbocycles. The molecular formula is C19H18FN3O2S. The van der Waals surface area contributed by atoms with Gasteiger partial charge in [0.05, 0.1) is 0 Å². The van der Waals surface area contributed by atoms with E-state index < -0.39 is 11.9 Å². The van der Waals surface area contributed by atoms with Crippen LogP contribution in [0.15, 0.2) is 65.8 Å². The molecule has 0 aliphatic rings. The highest BCUT2D eigenvalue weighted by Crippen LogP contribution is 2.21. The number of carbonyl (C=O) groups excluding carboxylic acids is 1. The topological polar surface area (TPSA) is 56.1 Å². The Kier molecular flexibility index (Phi) is 5.58. The van der Waals surface area contributed by atoms with Crippen molar-refractivity contribution in [3.8, 4) is 11.4 Å². The van der Waals surface area contributed by atoms with Crippen LogP contribution in [-0.2, 0) is 4.79 Å². The van der Waals surface area contributed by atoms with Crippen molar-refractivity contribution < 1.29 is 13.9 Å². The number of nitrogens with one attached hydrogen (secondary N) is 1. The van der Waals surface area contributed by atoms with Crippen molar-refractivity contribution in [3.63, 3.8) is 0 Å². The number of hydrogen-bond donors (Lipinski definition) is 1. The maximum Gasteiger partial charge on any atom is 0.265 e. The molecule has 0 aliphatic heterocycles. The lowest BCUT2D eigenvalue weighted by Gasteiger charge is -2.15. The lowest BCUT2D eigenvalue weighted by molar-refractivity contribution is -0.122. The van der Waals surface area contributed by atoms with E-state index in [9.17, 15) is 9.18 Å². The Morgan fingerprint density at radius 3 is 2.65 bits per heavy atom. The minimum absolute atomic E-state index is 0.311. The summed E-state index contributed by atoms with van der Waals surface area (Å²) in [4.78, 5) is 13.4. The van der Waals surface area contributed by atoms with Crippen LogP contribution in [0, 0.1) is 5.82 Å². The van der Waals surface area contributed by atoms with Crippen LogP contribution >= 0.6 is 11.8 Å². The smallest absolute Gasteiger partial charge is 0.265 e. The fourth-order valence-corrected chi connectivity index (χ4v) is 2.75. The quantitative estimate of drug-likeness (QED) is 0.662. The van der Waals surface area contributed by atoms with Crippen LogP contribution < -0.4 is 10.1 Å². The standard InChI is InChI=1S/C19H18FN3O2S/c1-13(25-15-5-7-16(26-2)8-6-15)19(24)22-14-4-9-18(17(20)12-14)23-11-3-10-21-23/h3-13H,1-2H3,(H,22,24)/t13-/m0/s1. The van der Waals surface area contributed by atoms with Crippen LogP contribution in [0.3, 0.4) is 0 Å². The summed E-state index contributed by atoms with van der Waals surface area (Å²) in [5.74, 6) is -0.233. The van der Waals surface area contributed by atoms with Crippen LogP contribution in [0.4, 0.5) is 10.1 Å². The number of amides is 1. The van der Waals surface area contributed by atoms with Crippen LogP contribution in [0.1, 0.15) is 6.92 Å². The molecule has 1 heterocycles.